The molecule has 0 aromatic rings. The lowest BCUT2D eigenvalue weighted by molar-refractivity contribution is -0.139. The van der Waals surface area contributed by atoms with Gasteiger partial charge < -0.3 is 5.11 Å². The van der Waals surface area contributed by atoms with Gasteiger partial charge in [-0.2, -0.15) is 0 Å². The molecule has 2 unspecified atom stereocenters. The van der Waals surface area contributed by atoms with Crippen LogP contribution in [0.1, 0.15) is 38.5 Å². The molecule has 2 rings (SSSR count). The second kappa shape index (κ2) is 6.14. The molecule has 4 heteroatoms. The first-order chi connectivity index (χ1) is 8.75. The molecule has 0 aromatic carbocycles. The molecule has 2 aliphatic rings. The molecular formula is C14H21NO3. The lowest BCUT2D eigenvalue weighted by atomic mass is 9.85. The largest absolute Gasteiger partial charge is 0.396 e. The van der Waals surface area contributed by atoms with Crippen LogP contribution in [0.3, 0.4) is 0 Å². The average Bonchev–Trinajstić information content (AvgIpc) is 2.64. The van der Waals surface area contributed by atoms with Gasteiger partial charge in [-0.05, 0) is 25.7 Å². The summed E-state index contributed by atoms with van der Waals surface area (Å²) in [6, 6.07) is 0. The number of hydrogen-bond donors (Lipinski definition) is 1. The van der Waals surface area contributed by atoms with E-state index in [1.165, 1.54) is 4.90 Å². The van der Waals surface area contributed by atoms with E-state index in [0.717, 1.165) is 38.5 Å². The van der Waals surface area contributed by atoms with Crippen LogP contribution in [0.2, 0.25) is 0 Å². The van der Waals surface area contributed by atoms with Gasteiger partial charge >= 0.3 is 0 Å². The Balaban J connectivity index is 1.83. The normalized spacial score (nSPS) is 26.8. The summed E-state index contributed by atoms with van der Waals surface area (Å²) in [6.45, 7) is 0.771. The number of carbonyl (C=O) groups is 2. The minimum Gasteiger partial charge on any atom is -0.396 e. The monoisotopic (exact) mass is 251 g/mol. The van der Waals surface area contributed by atoms with Crippen molar-refractivity contribution >= 4 is 11.8 Å². The van der Waals surface area contributed by atoms with E-state index in [4.69, 9.17) is 5.11 Å². The number of rotatable bonds is 6. The smallest absolute Gasteiger partial charge is 0.233 e. The summed E-state index contributed by atoms with van der Waals surface area (Å²) in [7, 11) is 0. The molecule has 2 amide bonds. The predicted molar refractivity (Wildman–Crippen MR) is 67.6 cm³/mol. The number of carbonyl (C=O) groups excluding carboxylic acids is 2. The van der Waals surface area contributed by atoms with Crippen molar-refractivity contribution in [2.45, 2.75) is 38.5 Å². The van der Waals surface area contributed by atoms with Gasteiger partial charge in [-0.25, -0.2) is 0 Å². The Bertz CT molecular complexity index is 325. The molecule has 1 fully saturated rings. The third-order valence-corrected chi connectivity index (χ3v) is 3.89. The topological polar surface area (TPSA) is 57.6 Å². The Hall–Kier alpha value is -1.16. The van der Waals surface area contributed by atoms with Gasteiger partial charge in [0, 0.05) is 13.2 Å². The summed E-state index contributed by atoms with van der Waals surface area (Å²) in [4.78, 5) is 25.7. The summed E-state index contributed by atoms with van der Waals surface area (Å²) in [6.07, 6.45) is 9.04. The second-order valence-corrected chi connectivity index (χ2v) is 5.12. The molecule has 2 atom stereocenters. The van der Waals surface area contributed by atoms with Crippen molar-refractivity contribution in [2.24, 2.45) is 11.8 Å². The minimum atomic E-state index is -0.0973. The molecule has 18 heavy (non-hydrogen) atoms. The van der Waals surface area contributed by atoms with E-state index in [9.17, 15) is 9.59 Å². The number of aliphatic hydroxyl groups excluding tert-OH is 1. The molecular weight excluding hydrogens is 230 g/mol. The highest BCUT2D eigenvalue weighted by molar-refractivity contribution is 6.05. The number of amides is 2. The van der Waals surface area contributed by atoms with Gasteiger partial charge in [0.2, 0.25) is 11.8 Å². The first-order valence-corrected chi connectivity index (χ1v) is 6.86. The number of allylic oxidation sites excluding steroid dienone is 2. The first kappa shape index (κ1) is 13.3. The van der Waals surface area contributed by atoms with Gasteiger partial charge in [0.25, 0.3) is 0 Å². The maximum absolute atomic E-state index is 12.1. The van der Waals surface area contributed by atoms with Crippen LogP contribution < -0.4 is 0 Å². The van der Waals surface area contributed by atoms with Gasteiger partial charge in [0.05, 0.1) is 11.8 Å². The Morgan fingerprint density at radius 3 is 2.11 bits per heavy atom. The SMILES string of the molecule is O=C1C2CC=CCC2C(=O)N1CCCCCCO. The summed E-state index contributed by atoms with van der Waals surface area (Å²) in [5, 5.41) is 8.68. The predicted octanol–water partition coefficient (Wildman–Crippen LogP) is 1.49. The number of imide groups is 1. The lowest BCUT2D eigenvalue weighted by Gasteiger charge is -2.14. The molecule has 0 bridgehead atoms. The zero-order valence-electron chi connectivity index (χ0n) is 10.7. The van der Waals surface area contributed by atoms with Gasteiger partial charge in [0.15, 0.2) is 0 Å². The quantitative estimate of drug-likeness (QED) is 0.442. The summed E-state index contributed by atoms with van der Waals surface area (Å²) in [5.41, 5.74) is 0. The fourth-order valence-corrected chi connectivity index (χ4v) is 2.82. The van der Waals surface area contributed by atoms with Crippen LogP contribution in [0.5, 0.6) is 0 Å². The number of nitrogens with zero attached hydrogens (tertiary/aromatic N) is 1. The van der Waals surface area contributed by atoms with Crippen LogP contribution in [0.15, 0.2) is 12.2 Å². The maximum Gasteiger partial charge on any atom is 0.233 e. The van der Waals surface area contributed by atoms with Crippen LogP contribution in [-0.2, 0) is 9.59 Å². The average molecular weight is 251 g/mol. The third kappa shape index (κ3) is 2.64. The zero-order chi connectivity index (χ0) is 13.0. The molecule has 1 saturated heterocycles. The molecule has 0 radical (unpaired) electrons. The summed E-state index contributed by atoms with van der Waals surface area (Å²) >= 11 is 0. The van der Waals surface area contributed by atoms with E-state index in [-0.39, 0.29) is 30.3 Å². The van der Waals surface area contributed by atoms with E-state index in [1.807, 2.05) is 12.2 Å². The number of likely N-dealkylation sites (tertiary alicyclic amines) is 1. The van der Waals surface area contributed by atoms with Crippen molar-refractivity contribution in [3.05, 3.63) is 12.2 Å². The highest BCUT2D eigenvalue weighted by Crippen LogP contribution is 2.35. The van der Waals surface area contributed by atoms with E-state index in [1.54, 1.807) is 0 Å². The number of aliphatic hydroxyl groups is 1. The molecule has 1 aliphatic heterocycles. The van der Waals surface area contributed by atoms with Crippen molar-refractivity contribution in [3.8, 4) is 0 Å². The van der Waals surface area contributed by atoms with Crippen LogP contribution in [0, 0.1) is 11.8 Å². The van der Waals surface area contributed by atoms with Crippen molar-refractivity contribution in [3.63, 3.8) is 0 Å². The van der Waals surface area contributed by atoms with Gasteiger partial charge in [-0.15, -0.1) is 0 Å². The Morgan fingerprint density at radius 2 is 1.56 bits per heavy atom. The molecule has 100 valence electrons. The minimum absolute atomic E-state index is 0.0245. The van der Waals surface area contributed by atoms with Crippen molar-refractivity contribution < 1.29 is 14.7 Å². The second-order valence-electron chi connectivity index (χ2n) is 5.12. The van der Waals surface area contributed by atoms with Crippen LogP contribution in [0.25, 0.3) is 0 Å². The van der Waals surface area contributed by atoms with E-state index < -0.39 is 0 Å². The lowest BCUT2D eigenvalue weighted by Crippen LogP contribution is -2.32. The molecule has 4 nitrogen and oxygen atoms in total. The van der Waals surface area contributed by atoms with Gasteiger partial charge in [-0.3, -0.25) is 14.5 Å². The first-order valence-electron chi connectivity index (χ1n) is 6.86. The highest BCUT2D eigenvalue weighted by atomic mass is 16.3. The molecule has 0 spiro atoms. The van der Waals surface area contributed by atoms with Crippen molar-refractivity contribution in [1.82, 2.24) is 4.90 Å². The maximum atomic E-state index is 12.1. The summed E-state index contributed by atoms with van der Waals surface area (Å²) in [5.74, 6) is -0.145. The van der Waals surface area contributed by atoms with Crippen LogP contribution in [-0.4, -0.2) is 35.0 Å². The van der Waals surface area contributed by atoms with E-state index in [2.05, 4.69) is 0 Å². The Labute approximate surface area is 108 Å². The van der Waals surface area contributed by atoms with Gasteiger partial charge in [-0.1, -0.05) is 25.0 Å². The molecule has 0 aromatic heterocycles. The van der Waals surface area contributed by atoms with Crippen LogP contribution >= 0.6 is 0 Å². The third-order valence-electron chi connectivity index (χ3n) is 3.89. The standard InChI is InChI=1S/C14H21NO3/c16-10-6-2-1-5-9-15-13(17)11-7-3-4-8-12(11)14(15)18/h3-4,11-12,16H,1-2,5-10H2. The molecule has 1 heterocycles. The number of fused-ring (bicyclic) bond motifs is 1. The Kier molecular flexibility index (Phi) is 4.53. The summed E-state index contributed by atoms with van der Waals surface area (Å²) < 4.78 is 0. The molecule has 1 aliphatic carbocycles. The fraction of sp³-hybridized carbons (Fsp3) is 0.714. The number of hydrogen-bond acceptors (Lipinski definition) is 3. The van der Waals surface area contributed by atoms with E-state index in [0.29, 0.717) is 6.54 Å². The van der Waals surface area contributed by atoms with Crippen molar-refractivity contribution in [1.29, 1.82) is 0 Å². The van der Waals surface area contributed by atoms with Gasteiger partial charge in [0.1, 0.15) is 0 Å². The highest BCUT2D eigenvalue weighted by Gasteiger charge is 2.46. The Morgan fingerprint density at radius 1 is 1.00 bits per heavy atom. The van der Waals surface area contributed by atoms with Crippen molar-refractivity contribution in [2.75, 3.05) is 13.2 Å². The number of unbranched alkanes of at least 4 members (excludes halogenated alkanes) is 3. The fourth-order valence-electron chi connectivity index (χ4n) is 2.82. The zero-order valence-corrected chi connectivity index (χ0v) is 10.7. The molecule has 1 N–H and O–H groups in total. The molecule has 0 saturated carbocycles. The van der Waals surface area contributed by atoms with E-state index >= 15 is 0 Å². The van der Waals surface area contributed by atoms with Crippen LogP contribution in [0.4, 0.5) is 0 Å².